The minimum atomic E-state index is -1.93. The molecule has 0 spiro atoms. The van der Waals surface area contributed by atoms with E-state index in [-0.39, 0.29) is 29.3 Å². The summed E-state index contributed by atoms with van der Waals surface area (Å²) in [6, 6.07) is 0. The van der Waals surface area contributed by atoms with Gasteiger partial charge >= 0.3 is 0 Å². The first-order valence-corrected chi connectivity index (χ1v) is 18.7. The molecule has 0 saturated carbocycles. The van der Waals surface area contributed by atoms with Gasteiger partial charge in [0.1, 0.15) is 24.4 Å². The van der Waals surface area contributed by atoms with Crippen molar-refractivity contribution in [3.8, 4) is 0 Å². The van der Waals surface area contributed by atoms with E-state index >= 15 is 0 Å². The Bertz CT molecular complexity index is 1700. The van der Waals surface area contributed by atoms with Gasteiger partial charge in [0.2, 0.25) is 0 Å². The molecule has 0 fully saturated rings. The molecule has 8 nitrogen and oxygen atoms in total. The molecule has 2 rings (SSSR count). The summed E-state index contributed by atoms with van der Waals surface area (Å²) in [7, 11) is 0. The number of carbonyl (C=O) groups excluding carboxylic acids is 2. The Morgan fingerprint density at radius 2 is 1.07 bits per heavy atom. The predicted octanol–water partition coefficient (Wildman–Crippen LogP) is 7.60. The highest BCUT2D eigenvalue weighted by molar-refractivity contribution is 6.01. The minimum absolute atomic E-state index is 0.0204. The van der Waals surface area contributed by atoms with Crippen LogP contribution in [0.4, 0.5) is 0 Å². The molecule has 296 valence electrons. The van der Waals surface area contributed by atoms with Gasteiger partial charge in [-0.3, -0.25) is 9.59 Å². The van der Waals surface area contributed by atoms with Crippen molar-refractivity contribution in [3.05, 3.63) is 130 Å². The third-order valence-electron chi connectivity index (χ3n) is 10.1. The Hall–Kier alpha value is -3.76. The highest BCUT2D eigenvalue weighted by Gasteiger charge is 2.41. The van der Waals surface area contributed by atoms with Crippen molar-refractivity contribution in [2.24, 2.45) is 16.7 Å². The fraction of sp³-hybridized carbons (Fsp3) is 0.478. The lowest BCUT2D eigenvalue weighted by Gasteiger charge is -2.38. The minimum Gasteiger partial charge on any atom is -0.394 e. The molecule has 0 aliphatic heterocycles. The van der Waals surface area contributed by atoms with Crippen LogP contribution in [0, 0.1) is 16.7 Å². The number of carbonyl (C=O) groups is 2. The number of hydrogen-bond acceptors (Lipinski definition) is 8. The van der Waals surface area contributed by atoms with E-state index in [0.29, 0.717) is 5.57 Å². The molecule has 6 atom stereocenters. The Morgan fingerprint density at radius 3 is 1.54 bits per heavy atom. The smallest absolute Gasteiger partial charge is 0.187 e. The van der Waals surface area contributed by atoms with E-state index < -0.39 is 42.7 Å². The number of hydrogen-bond donors (Lipinski definition) is 5. The average molecular weight is 745 g/mol. The van der Waals surface area contributed by atoms with Crippen LogP contribution in [0.25, 0.3) is 0 Å². The largest absolute Gasteiger partial charge is 0.394 e. The molecular formula is C46H64O8. The van der Waals surface area contributed by atoms with Crippen molar-refractivity contribution in [2.75, 3.05) is 6.61 Å². The summed E-state index contributed by atoms with van der Waals surface area (Å²) in [4.78, 5) is 25.7. The summed E-state index contributed by atoms with van der Waals surface area (Å²) in [6.07, 6.45) is 20.9. The van der Waals surface area contributed by atoms with E-state index in [2.05, 4.69) is 45.1 Å². The lowest BCUT2D eigenvalue weighted by Crippen LogP contribution is -2.49. The van der Waals surface area contributed by atoms with Gasteiger partial charge in [0, 0.05) is 5.92 Å². The maximum absolute atomic E-state index is 13.1. The van der Waals surface area contributed by atoms with Crippen molar-refractivity contribution < 1.29 is 39.9 Å². The predicted molar refractivity (Wildman–Crippen MR) is 218 cm³/mol. The molecule has 0 amide bonds. The van der Waals surface area contributed by atoms with E-state index in [4.69, 9.17) is 9.84 Å². The summed E-state index contributed by atoms with van der Waals surface area (Å²) in [5.41, 5.74) is 7.05. The number of allylic oxidation sites excluding steroid dienone is 21. The van der Waals surface area contributed by atoms with Crippen LogP contribution in [0.15, 0.2) is 130 Å². The highest BCUT2D eigenvalue weighted by Crippen LogP contribution is 2.42. The van der Waals surface area contributed by atoms with Gasteiger partial charge < -0.3 is 30.3 Å². The van der Waals surface area contributed by atoms with E-state index in [1.807, 2.05) is 109 Å². The second kappa shape index (κ2) is 20.8. The van der Waals surface area contributed by atoms with Gasteiger partial charge in [-0.25, -0.2) is 0 Å². The van der Waals surface area contributed by atoms with Crippen LogP contribution in [-0.4, -0.2) is 74.4 Å². The maximum atomic E-state index is 13.1. The molecule has 0 aromatic carbocycles. The first-order valence-electron chi connectivity index (χ1n) is 18.7. The SMILES string of the molecule is CC1=C(/C=C/C(C)=C/C=C/C(C)=C/C=C/C=C(C)/C=C/C=C(C)/C=C/C2=C(C)C(=O)C(OC(O)C(O)C(O)C(O)CO)CC2(C)C)C(C)(C)CC(C)C1=O. The van der Waals surface area contributed by atoms with E-state index in [0.717, 1.165) is 45.4 Å². The standard InChI is InChI=1S/C46H64O8/c1-29(18-14-20-31(3)22-24-36-34(6)40(49)33(5)26-45(36,8)9)16-12-13-17-30(2)19-15-21-32(4)23-25-37-35(7)41(50)39(27-46(37,10)11)54-44(53)43(52)42(51)38(48)28-47/h12-25,33,38-39,42-44,47-48,51-53H,26-28H2,1-11H3/b13-12+,18-14+,19-15+,24-22+,25-23+,29-16+,30-17+,31-20+,32-21+. The molecule has 2 aliphatic rings. The van der Waals surface area contributed by atoms with Crippen LogP contribution in [0.2, 0.25) is 0 Å². The number of Topliss-reactive ketones (excluding diaryl/α,β-unsaturated/α-hetero) is 2. The summed E-state index contributed by atoms with van der Waals surface area (Å²) < 4.78 is 5.44. The Labute approximate surface area is 323 Å². The van der Waals surface area contributed by atoms with Crippen LogP contribution >= 0.6 is 0 Å². The van der Waals surface area contributed by atoms with Gasteiger partial charge in [-0.2, -0.15) is 0 Å². The number of aliphatic hydroxyl groups excluding tert-OH is 5. The van der Waals surface area contributed by atoms with Gasteiger partial charge in [0.25, 0.3) is 0 Å². The van der Waals surface area contributed by atoms with Crippen molar-refractivity contribution >= 4 is 11.6 Å². The van der Waals surface area contributed by atoms with E-state index in [1.54, 1.807) is 6.92 Å². The molecule has 0 saturated heterocycles. The highest BCUT2D eigenvalue weighted by atomic mass is 16.6. The van der Waals surface area contributed by atoms with Gasteiger partial charge in [-0.1, -0.05) is 142 Å². The van der Waals surface area contributed by atoms with Crippen molar-refractivity contribution in [1.82, 2.24) is 0 Å². The quantitative estimate of drug-likeness (QED) is 0.0803. The first kappa shape index (κ1) is 46.4. The van der Waals surface area contributed by atoms with E-state index in [1.165, 1.54) is 0 Å². The van der Waals surface area contributed by atoms with Crippen molar-refractivity contribution in [1.29, 1.82) is 0 Å². The van der Waals surface area contributed by atoms with Gasteiger partial charge in [0.15, 0.2) is 17.9 Å². The molecule has 6 unspecified atom stereocenters. The Balaban J connectivity index is 1.99. The second-order valence-corrected chi connectivity index (χ2v) is 16.0. The van der Waals surface area contributed by atoms with Crippen LogP contribution in [-0.2, 0) is 14.3 Å². The van der Waals surface area contributed by atoms with Crippen molar-refractivity contribution in [2.45, 2.75) is 120 Å². The fourth-order valence-electron chi connectivity index (χ4n) is 6.86. The van der Waals surface area contributed by atoms with Gasteiger partial charge in [-0.05, 0) is 87.5 Å². The average Bonchev–Trinajstić information content (AvgIpc) is 3.09. The maximum Gasteiger partial charge on any atom is 0.187 e. The molecular weight excluding hydrogens is 680 g/mol. The summed E-state index contributed by atoms with van der Waals surface area (Å²) in [6.45, 7) is 21.3. The Morgan fingerprint density at radius 1 is 0.667 bits per heavy atom. The molecule has 0 radical (unpaired) electrons. The molecule has 0 bridgehead atoms. The lowest BCUT2D eigenvalue weighted by atomic mass is 9.68. The number of rotatable bonds is 16. The molecule has 8 heteroatoms. The summed E-state index contributed by atoms with van der Waals surface area (Å²) in [5, 5.41) is 48.8. The van der Waals surface area contributed by atoms with Crippen LogP contribution in [0.3, 0.4) is 0 Å². The monoisotopic (exact) mass is 744 g/mol. The summed E-state index contributed by atoms with van der Waals surface area (Å²) in [5.74, 6) is -0.0184. The van der Waals surface area contributed by atoms with Gasteiger partial charge in [-0.15, -0.1) is 0 Å². The molecule has 0 heterocycles. The zero-order chi connectivity index (χ0) is 41.0. The zero-order valence-corrected chi connectivity index (χ0v) is 34.1. The van der Waals surface area contributed by atoms with Gasteiger partial charge in [0.05, 0.1) is 6.61 Å². The lowest BCUT2D eigenvalue weighted by molar-refractivity contribution is -0.223. The van der Waals surface area contributed by atoms with E-state index in [9.17, 15) is 30.0 Å². The van der Waals surface area contributed by atoms with Crippen LogP contribution in [0.1, 0.15) is 89.0 Å². The van der Waals surface area contributed by atoms with Crippen LogP contribution in [0.5, 0.6) is 0 Å². The third kappa shape index (κ3) is 13.5. The zero-order valence-electron chi connectivity index (χ0n) is 34.1. The van der Waals surface area contributed by atoms with Crippen molar-refractivity contribution in [3.63, 3.8) is 0 Å². The normalized spacial score (nSPS) is 24.7. The number of ether oxygens (including phenoxy) is 1. The third-order valence-corrected chi connectivity index (χ3v) is 10.1. The first-order chi connectivity index (χ1) is 25.1. The molecule has 54 heavy (non-hydrogen) atoms. The molecule has 0 aromatic rings. The Kier molecular flexibility index (Phi) is 17.9. The van der Waals surface area contributed by atoms with Crippen LogP contribution < -0.4 is 0 Å². The molecule has 2 aliphatic carbocycles. The number of aliphatic hydroxyl groups is 5. The second-order valence-electron chi connectivity index (χ2n) is 16.0. The number of ketones is 2. The summed E-state index contributed by atoms with van der Waals surface area (Å²) >= 11 is 0. The molecule has 0 aromatic heterocycles. The topological polar surface area (TPSA) is 145 Å². The molecule has 5 N–H and O–H groups in total. The fourth-order valence-corrected chi connectivity index (χ4v) is 6.86.